The van der Waals surface area contributed by atoms with Gasteiger partial charge in [-0.15, -0.1) is 0 Å². The first kappa shape index (κ1) is 23.9. The Labute approximate surface area is 190 Å². The molecule has 4 saturated carbocycles. The van der Waals surface area contributed by atoms with Crippen LogP contribution >= 0.6 is 0 Å². The minimum absolute atomic E-state index is 0.0377. The first-order valence-corrected chi connectivity index (χ1v) is 13.0. The van der Waals surface area contributed by atoms with E-state index in [9.17, 15) is 10.2 Å². The van der Waals surface area contributed by atoms with E-state index in [2.05, 4.69) is 39.9 Å². The van der Waals surface area contributed by atoms with Gasteiger partial charge in [-0.05, 0) is 113 Å². The zero-order valence-electron chi connectivity index (χ0n) is 20.8. The van der Waals surface area contributed by atoms with Crippen LogP contribution in [0, 0.1) is 34.5 Å². The summed E-state index contributed by atoms with van der Waals surface area (Å²) in [6.45, 7) is 7.51. The van der Waals surface area contributed by atoms with Crippen LogP contribution in [0.4, 0.5) is 0 Å². The molecule has 0 spiro atoms. The van der Waals surface area contributed by atoms with Gasteiger partial charge in [0.15, 0.2) is 0 Å². The summed E-state index contributed by atoms with van der Waals surface area (Å²) in [6.07, 6.45) is 11.0. The van der Waals surface area contributed by atoms with Crippen LogP contribution in [0.5, 0.6) is 0 Å². The zero-order valence-corrected chi connectivity index (χ0v) is 20.8. The molecule has 4 rings (SSSR count). The van der Waals surface area contributed by atoms with Crippen LogP contribution in [0.15, 0.2) is 0 Å². The fourth-order valence-electron chi connectivity index (χ4n) is 8.56. The van der Waals surface area contributed by atoms with Crippen molar-refractivity contribution >= 4 is 0 Å². The van der Waals surface area contributed by atoms with Crippen molar-refractivity contribution in [3.05, 3.63) is 0 Å². The van der Waals surface area contributed by atoms with Crippen molar-refractivity contribution in [2.75, 3.05) is 40.8 Å². The molecule has 0 radical (unpaired) electrons. The highest BCUT2D eigenvalue weighted by molar-refractivity contribution is 5.16. The van der Waals surface area contributed by atoms with Crippen LogP contribution in [0.2, 0.25) is 0 Å². The second-order valence-corrected chi connectivity index (χ2v) is 12.3. The van der Waals surface area contributed by atoms with Gasteiger partial charge in [-0.3, -0.25) is 4.84 Å². The summed E-state index contributed by atoms with van der Waals surface area (Å²) in [7, 11) is 6.20. The van der Waals surface area contributed by atoms with Crippen molar-refractivity contribution in [1.29, 1.82) is 0 Å². The highest BCUT2D eigenvalue weighted by atomic mass is 16.7. The highest BCUT2D eigenvalue weighted by Crippen LogP contribution is 2.69. The Morgan fingerprint density at radius 1 is 0.903 bits per heavy atom. The van der Waals surface area contributed by atoms with Crippen molar-refractivity contribution in [2.45, 2.75) is 89.8 Å². The van der Waals surface area contributed by atoms with Crippen LogP contribution in [-0.4, -0.2) is 72.7 Å². The van der Waals surface area contributed by atoms with Crippen LogP contribution in [0.3, 0.4) is 0 Å². The summed E-state index contributed by atoms with van der Waals surface area (Å²) in [5.41, 5.74) is -0.150. The summed E-state index contributed by atoms with van der Waals surface area (Å²) < 4.78 is 0. The molecule has 4 aliphatic rings. The Hall–Kier alpha value is -0.200. The number of hydrogen-bond donors (Lipinski definition) is 2. The van der Waals surface area contributed by atoms with Crippen molar-refractivity contribution in [2.24, 2.45) is 34.5 Å². The lowest BCUT2D eigenvalue weighted by Gasteiger charge is -2.63. The van der Waals surface area contributed by atoms with Crippen LogP contribution < -0.4 is 0 Å². The van der Waals surface area contributed by atoms with E-state index in [1.807, 2.05) is 5.06 Å². The van der Waals surface area contributed by atoms with E-state index in [1.165, 1.54) is 12.8 Å². The molecule has 0 unspecified atom stereocenters. The Kier molecular flexibility index (Phi) is 6.85. The van der Waals surface area contributed by atoms with Gasteiger partial charge in [-0.25, -0.2) is 0 Å². The minimum atomic E-state index is -0.505. The van der Waals surface area contributed by atoms with Crippen LogP contribution in [-0.2, 0) is 4.84 Å². The molecule has 0 heterocycles. The van der Waals surface area contributed by atoms with E-state index in [-0.39, 0.29) is 11.5 Å². The van der Waals surface area contributed by atoms with Crippen LogP contribution in [0.1, 0.15) is 78.1 Å². The van der Waals surface area contributed by atoms with Gasteiger partial charge in [-0.2, -0.15) is 5.06 Å². The first-order chi connectivity index (χ1) is 14.6. The monoisotopic (exact) mass is 436 g/mol. The topological polar surface area (TPSA) is 56.2 Å². The molecule has 5 nitrogen and oxygen atoms in total. The standard InChI is InChI=1S/C26H48N2O3/c1-24-12-9-21(29)18-20(24)6-7-23-22(24)10-13-25(2)19(8-14-26(23,25)30)11-15-28(5)31-17-16-27(3)4/h19-23,29-30H,6-18H2,1-5H3/t19-,20-,21+,22+,23-,24+,25-,26+/m1/s1. The van der Waals surface area contributed by atoms with Gasteiger partial charge in [0.2, 0.25) is 0 Å². The maximum atomic E-state index is 12.3. The van der Waals surface area contributed by atoms with E-state index >= 15 is 0 Å². The molecule has 0 aliphatic heterocycles. The largest absolute Gasteiger partial charge is 0.393 e. The van der Waals surface area contributed by atoms with E-state index in [4.69, 9.17) is 4.84 Å². The zero-order chi connectivity index (χ0) is 22.4. The second-order valence-electron chi connectivity index (χ2n) is 12.3. The lowest BCUT2D eigenvalue weighted by Crippen LogP contribution is -2.62. The smallest absolute Gasteiger partial charge is 0.0811 e. The lowest BCUT2D eigenvalue weighted by molar-refractivity contribution is -0.212. The third kappa shape index (κ3) is 4.12. The number of fused-ring (bicyclic) bond motifs is 5. The van der Waals surface area contributed by atoms with E-state index < -0.39 is 5.60 Å². The van der Waals surface area contributed by atoms with Gasteiger partial charge in [0.25, 0.3) is 0 Å². The number of aliphatic hydroxyl groups is 2. The molecule has 4 fully saturated rings. The maximum absolute atomic E-state index is 12.3. The molecule has 0 aromatic rings. The van der Waals surface area contributed by atoms with Crippen molar-refractivity contribution < 1.29 is 15.1 Å². The van der Waals surface area contributed by atoms with Gasteiger partial charge in [0.05, 0.1) is 18.3 Å². The van der Waals surface area contributed by atoms with E-state index in [0.717, 1.165) is 71.1 Å². The predicted octanol–water partition coefficient (Wildman–Crippen LogP) is 3.94. The summed E-state index contributed by atoms with van der Waals surface area (Å²) in [4.78, 5) is 8.03. The number of hydroxylamine groups is 2. The number of likely N-dealkylation sites (N-methyl/N-ethyl adjacent to an activating group) is 1. The number of aliphatic hydroxyl groups excluding tert-OH is 1. The fourth-order valence-corrected chi connectivity index (χ4v) is 8.56. The maximum Gasteiger partial charge on any atom is 0.0811 e. The molecular weight excluding hydrogens is 388 g/mol. The van der Waals surface area contributed by atoms with Gasteiger partial charge < -0.3 is 15.1 Å². The first-order valence-electron chi connectivity index (χ1n) is 13.0. The van der Waals surface area contributed by atoms with Crippen LogP contribution in [0.25, 0.3) is 0 Å². The molecule has 0 amide bonds. The summed E-state index contributed by atoms with van der Waals surface area (Å²) >= 11 is 0. The lowest BCUT2D eigenvalue weighted by atomic mass is 9.43. The molecule has 4 aliphatic carbocycles. The quantitative estimate of drug-likeness (QED) is 0.592. The highest BCUT2D eigenvalue weighted by Gasteiger charge is 2.66. The molecular formula is C26H48N2O3. The molecule has 31 heavy (non-hydrogen) atoms. The van der Waals surface area contributed by atoms with Gasteiger partial charge >= 0.3 is 0 Å². The molecule has 0 aromatic carbocycles. The average molecular weight is 437 g/mol. The fraction of sp³-hybridized carbons (Fsp3) is 1.00. The van der Waals surface area contributed by atoms with Crippen molar-refractivity contribution in [3.63, 3.8) is 0 Å². The summed E-state index contributed by atoms with van der Waals surface area (Å²) in [5.74, 6) is 2.31. The number of nitrogens with zero attached hydrogens (tertiary/aromatic N) is 2. The normalized spacial score (nSPS) is 47.3. The van der Waals surface area contributed by atoms with Gasteiger partial charge in [-0.1, -0.05) is 13.8 Å². The Morgan fingerprint density at radius 2 is 1.68 bits per heavy atom. The molecule has 180 valence electrons. The second kappa shape index (κ2) is 8.87. The Balaban J connectivity index is 1.41. The minimum Gasteiger partial charge on any atom is -0.393 e. The number of hydrogen-bond acceptors (Lipinski definition) is 5. The van der Waals surface area contributed by atoms with E-state index in [0.29, 0.717) is 29.1 Å². The number of rotatable bonds is 7. The molecule has 5 heteroatoms. The summed E-state index contributed by atoms with van der Waals surface area (Å²) in [5, 5.41) is 24.5. The SMILES string of the molecule is CN(C)CCON(C)CC[C@H]1CC[C@]2(O)[C@@H]3CC[C@@H]4C[C@@H](O)CC[C@]4(C)[C@H]3CC[C@]12C. The van der Waals surface area contributed by atoms with E-state index in [1.54, 1.807) is 0 Å². The van der Waals surface area contributed by atoms with Gasteiger partial charge in [0.1, 0.15) is 0 Å². The third-order valence-corrected chi connectivity index (χ3v) is 10.7. The molecule has 0 bridgehead atoms. The Morgan fingerprint density at radius 3 is 2.42 bits per heavy atom. The predicted molar refractivity (Wildman–Crippen MR) is 124 cm³/mol. The molecule has 0 aromatic heterocycles. The van der Waals surface area contributed by atoms with Crippen molar-refractivity contribution in [3.8, 4) is 0 Å². The molecule has 2 N–H and O–H groups in total. The third-order valence-electron chi connectivity index (χ3n) is 10.7. The van der Waals surface area contributed by atoms with Gasteiger partial charge in [0, 0.05) is 20.1 Å². The summed E-state index contributed by atoms with van der Waals surface area (Å²) in [6, 6.07) is 0. The van der Waals surface area contributed by atoms with Crippen molar-refractivity contribution in [1.82, 2.24) is 9.96 Å². The molecule has 0 saturated heterocycles. The molecule has 8 atom stereocenters. The Bertz CT molecular complexity index is 630. The average Bonchev–Trinajstić information content (AvgIpc) is 2.97.